The average molecular weight is 332 g/mol. The first-order chi connectivity index (χ1) is 11.4. The Morgan fingerprint density at radius 3 is 2.75 bits per heavy atom. The lowest BCUT2D eigenvalue weighted by molar-refractivity contribution is 0.0729. The van der Waals surface area contributed by atoms with Crippen molar-refractivity contribution in [1.82, 2.24) is 19.2 Å². The van der Waals surface area contributed by atoms with Crippen LogP contribution in [0.15, 0.2) is 18.5 Å². The van der Waals surface area contributed by atoms with E-state index in [1.54, 1.807) is 29.0 Å². The first kappa shape index (κ1) is 16.6. The van der Waals surface area contributed by atoms with Crippen molar-refractivity contribution in [3.05, 3.63) is 35.4 Å². The molecule has 0 saturated carbocycles. The van der Waals surface area contributed by atoms with Gasteiger partial charge in [-0.25, -0.2) is 0 Å². The van der Waals surface area contributed by atoms with Gasteiger partial charge in [-0.05, 0) is 26.8 Å². The molecule has 24 heavy (non-hydrogen) atoms. The van der Waals surface area contributed by atoms with E-state index in [1.807, 2.05) is 19.9 Å². The Morgan fingerprint density at radius 2 is 2.17 bits per heavy atom. The maximum atomic E-state index is 12.8. The second-order valence-corrected chi connectivity index (χ2v) is 6.31. The van der Waals surface area contributed by atoms with E-state index < -0.39 is 12.2 Å². The molecule has 130 valence electrons. The first-order valence-corrected chi connectivity index (χ1v) is 8.20. The highest BCUT2D eigenvalue weighted by molar-refractivity contribution is 5.96. The molecule has 3 heterocycles. The van der Waals surface area contributed by atoms with Gasteiger partial charge in [0.1, 0.15) is 12.2 Å². The number of aliphatic hydroxyl groups is 1. The summed E-state index contributed by atoms with van der Waals surface area (Å²) in [6.45, 7) is 7.50. The normalized spacial score (nSPS) is 20.6. The second kappa shape index (κ2) is 6.32. The second-order valence-electron chi connectivity index (χ2n) is 6.31. The molecule has 7 nitrogen and oxygen atoms in total. The molecule has 0 bridgehead atoms. The third-order valence-electron chi connectivity index (χ3n) is 4.61. The molecule has 0 aromatic carbocycles. The van der Waals surface area contributed by atoms with Crippen LogP contribution in [0.25, 0.3) is 0 Å². The third kappa shape index (κ3) is 2.91. The molecule has 0 unspecified atom stereocenters. The summed E-state index contributed by atoms with van der Waals surface area (Å²) in [5.41, 5.74) is 2.73. The SMILES string of the molecule is CCn1c(C)cc(C(=O)N2C[C@@H](O)[C@H](Oc3cnn(C)c3)C2)c1C. The standard InChI is InChI=1S/C17H24N4O3/c1-5-21-11(2)6-14(12(21)3)17(23)20-9-15(22)16(10-20)24-13-7-18-19(4)8-13/h6-8,15-16,22H,5,9-10H2,1-4H3/t15-,16-/m1/s1. The van der Waals surface area contributed by atoms with Gasteiger partial charge < -0.3 is 19.3 Å². The molecule has 1 aliphatic rings. The number of aromatic nitrogens is 3. The molecule has 2 atom stereocenters. The van der Waals surface area contributed by atoms with Gasteiger partial charge in [-0.2, -0.15) is 5.10 Å². The predicted molar refractivity (Wildman–Crippen MR) is 89.1 cm³/mol. The zero-order chi connectivity index (χ0) is 17.4. The van der Waals surface area contributed by atoms with Crippen LogP contribution < -0.4 is 4.74 Å². The summed E-state index contributed by atoms with van der Waals surface area (Å²) < 4.78 is 9.53. The van der Waals surface area contributed by atoms with Crippen LogP contribution >= 0.6 is 0 Å². The van der Waals surface area contributed by atoms with Gasteiger partial charge >= 0.3 is 0 Å². The van der Waals surface area contributed by atoms with Crippen LogP contribution in [0, 0.1) is 13.8 Å². The van der Waals surface area contributed by atoms with Crippen molar-refractivity contribution in [2.45, 2.75) is 39.5 Å². The fourth-order valence-electron chi connectivity index (χ4n) is 3.35. The van der Waals surface area contributed by atoms with Gasteiger partial charge in [-0.15, -0.1) is 0 Å². The van der Waals surface area contributed by atoms with Gasteiger partial charge in [0.2, 0.25) is 0 Å². The van der Waals surface area contributed by atoms with E-state index in [9.17, 15) is 9.90 Å². The summed E-state index contributed by atoms with van der Waals surface area (Å²) >= 11 is 0. The summed E-state index contributed by atoms with van der Waals surface area (Å²) in [4.78, 5) is 14.5. The third-order valence-corrected chi connectivity index (χ3v) is 4.61. The van der Waals surface area contributed by atoms with Gasteiger partial charge in [0, 0.05) is 25.0 Å². The van der Waals surface area contributed by atoms with Gasteiger partial charge in [0.15, 0.2) is 5.75 Å². The smallest absolute Gasteiger partial charge is 0.255 e. The number of β-amino-alcohol motifs (C(OH)–C–C–N with tert-alkyl or cyclic N) is 1. The number of carbonyl (C=O) groups excluding carboxylic acids is 1. The highest BCUT2D eigenvalue weighted by atomic mass is 16.5. The number of carbonyl (C=O) groups is 1. The van der Waals surface area contributed by atoms with Crippen LogP contribution in [0.5, 0.6) is 5.75 Å². The van der Waals surface area contributed by atoms with Gasteiger partial charge in [-0.1, -0.05) is 0 Å². The molecule has 2 aromatic rings. The lowest BCUT2D eigenvalue weighted by atomic mass is 10.2. The largest absolute Gasteiger partial charge is 0.482 e. The molecule has 1 amide bonds. The fourth-order valence-corrected chi connectivity index (χ4v) is 3.35. The number of hydrogen-bond donors (Lipinski definition) is 1. The molecule has 1 aliphatic heterocycles. The predicted octanol–water partition coefficient (Wildman–Crippen LogP) is 1.12. The summed E-state index contributed by atoms with van der Waals surface area (Å²) in [6, 6.07) is 1.92. The van der Waals surface area contributed by atoms with Crippen molar-refractivity contribution in [3.8, 4) is 5.75 Å². The van der Waals surface area contributed by atoms with E-state index in [2.05, 4.69) is 16.6 Å². The van der Waals surface area contributed by atoms with Gasteiger partial charge in [-0.3, -0.25) is 9.48 Å². The Balaban J connectivity index is 1.73. The molecular weight excluding hydrogens is 308 g/mol. The molecule has 2 aromatic heterocycles. The molecule has 3 rings (SSSR count). The van der Waals surface area contributed by atoms with E-state index in [0.717, 1.165) is 17.9 Å². The van der Waals surface area contributed by atoms with E-state index in [-0.39, 0.29) is 12.5 Å². The van der Waals surface area contributed by atoms with Crippen LogP contribution in [0.3, 0.4) is 0 Å². The minimum absolute atomic E-state index is 0.0564. The number of likely N-dealkylation sites (tertiary alicyclic amines) is 1. The Hall–Kier alpha value is -2.28. The van der Waals surface area contributed by atoms with Crippen molar-refractivity contribution in [1.29, 1.82) is 0 Å². The Morgan fingerprint density at radius 1 is 1.42 bits per heavy atom. The number of nitrogens with zero attached hydrogens (tertiary/aromatic N) is 4. The molecular formula is C17H24N4O3. The maximum absolute atomic E-state index is 12.8. The van der Waals surface area contributed by atoms with Crippen molar-refractivity contribution >= 4 is 5.91 Å². The van der Waals surface area contributed by atoms with Crippen molar-refractivity contribution in [2.75, 3.05) is 13.1 Å². The molecule has 0 radical (unpaired) electrons. The summed E-state index contributed by atoms with van der Waals surface area (Å²) in [5.74, 6) is 0.541. The van der Waals surface area contributed by atoms with Crippen LogP contribution in [0.2, 0.25) is 0 Å². The molecule has 0 spiro atoms. The monoisotopic (exact) mass is 332 g/mol. The topological polar surface area (TPSA) is 72.5 Å². The number of aryl methyl sites for hydroxylation is 2. The van der Waals surface area contributed by atoms with Crippen LogP contribution in [-0.2, 0) is 13.6 Å². The number of rotatable bonds is 4. The fraction of sp³-hybridized carbons (Fsp3) is 0.529. The molecule has 7 heteroatoms. The number of ether oxygens (including phenoxy) is 1. The molecule has 1 N–H and O–H groups in total. The van der Waals surface area contributed by atoms with E-state index in [4.69, 9.17) is 4.74 Å². The van der Waals surface area contributed by atoms with Crippen molar-refractivity contribution < 1.29 is 14.6 Å². The Bertz CT molecular complexity index is 749. The lowest BCUT2D eigenvalue weighted by Crippen LogP contribution is -2.31. The number of amides is 1. The Kier molecular flexibility index (Phi) is 4.36. The van der Waals surface area contributed by atoms with E-state index >= 15 is 0 Å². The maximum Gasteiger partial charge on any atom is 0.255 e. The van der Waals surface area contributed by atoms with Crippen LogP contribution in [0.4, 0.5) is 0 Å². The average Bonchev–Trinajstić information content (AvgIpc) is 3.18. The highest BCUT2D eigenvalue weighted by Crippen LogP contribution is 2.22. The zero-order valence-electron chi connectivity index (χ0n) is 14.6. The molecule has 0 aliphatic carbocycles. The van der Waals surface area contributed by atoms with Crippen molar-refractivity contribution in [2.24, 2.45) is 7.05 Å². The molecule has 1 saturated heterocycles. The zero-order valence-corrected chi connectivity index (χ0v) is 14.6. The minimum Gasteiger partial charge on any atom is -0.482 e. The highest BCUT2D eigenvalue weighted by Gasteiger charge is 2.37. The van der Waals surface area contributed by atoms with Gasteiger partial charge in [0.05, 0.1) is 31.0 Å². The van der Waals surface area contributed by atoms with E-state index in [0.29, 0.717) is 17.9 Å². The number of hydrogen-bond acceptors (Lipinski definition) is 4. The summed E-state index contributed by atoms with van der Waals surface area (Å²) in [7, 11) is 1.80. The summed E-state index contributed by atoms with van der Waals surface area (Å²) in [6.07, 6.45) is 2.20. The first-order valence-electron chi connectivity index (χ1n) is 8.20. The van der Waals surface area contributed by atoms with E-state index in [1.165, 1.54) is 0 Å². The quantitative estimate of drug-likeness (QED) is 0.911. The summed E-state index contributed by atoms with van der Waals surface area (Å²) in [5, 5.41) is 14.3. The van der Waals surface area contributed by atoms with Crippen molar-refractivity contribution in [3.63, 3.8) is 0 Å². The molecule has 1 fully saturated rings. The number of aliphatic hydroxyl groups excluding tert-OH is 1. The minimum atomic E-state index is -0.705. The van der Waals surface area contributed by atoms with Gasteiger partial charge in [0.25, 0.3) is 5.91 Å². The van der Waals surface area contributed by atoms with Crippen LogP contribution in [0.1, 0.15) is 28.7 Å². The van der Waals surface area contributed by atoms with Crippen LogP contribution in [-0.4, -0.2) is 55.6 Å². The Labute approximate surface area is 141 Å². The lowest BCUT2D eigenvalue weighted by Gasteiger charge is -2.16.